The number of carboxylic acids is 1. The number of rotatable bonds is 5. The molecule has 1 fully saturated rings. The lowest BCUT2D eigenvalue weighted by Gasteiger charge is -2.33. The van der Waals surface area contributed by atoms with Crippen molar-refractivity contribution in [1.82, 2.24) is 4.98 Å². The third kappa shape index (κ3) is 4.85. The van der Waals surface area contributed by atoms with Crippen LogP contribution in [-0.4, -0.2) is 62.6 Å². The third-order valence-corrected chi connectivity index (χ3v) is 4.35. The third-order valence-electron chi connectivity index (χ3n) is 4.35. The average molecular weight is 456 g/mol. The Morgan fingerprint density at radius 3 is 2.53 bits per heavy atom. The SMILES string of the molecule is O=C(OC1OC(C(=O)O)C(=O)C(O)C1O)c1cccnc1Nc1cccc(C(F)(F)F)c1. The van der Waals surface area contributed by atoms with Gasteiger partial charge >= 0.3 is 18.1 Å². The quantitative estimate of drug-likeness (QED) is 0.380. The molecule has 0 saturated carbocycles. The van der Waals surface area contributed by atoms with Crippen molar-refractivity contribution in [2.75, 3.05) is 5.32 Å². The van der Waals surface area contributed by atoms with Gasteiger partial charge in [-0.25, -0.2) is 14.6 Å². The molecule has 1 aliphatic rings. The average Bonchev–Trinajstić information content (AvgIpc) is 2.73. The number of ketones is 1. The Labute approximate surface area is 177 Å². The van der Waals surface area contributed by atoms with Crippen LogP contribution < -0.4 is 5.32 Å². The maximum Gasteiger partial charge on any atom is 0.416 e. The number of carbonyl (C=O) groups excluding carboxylic acids is 2. The molecule has 2 aromatic rings. The molecule has 32 heavy (non-hydrogen) atoms. The van der Waals surface area contributed by atoms with Gasteiger partial charge in [-0.3, -0.25) is 4.79 Å². The molecule has 4 N–H and O–H groups in total. The highest BCUT2D eigenvalue weighted by atomic mass is 19.4. The van der Waals surface area contributed by atoms with E-state index < -0.39 is 54.1 Å². The number of aliphatic hydroxyl groups is 2. The topological polar surface area (TPSA) is 155 Å². The van der Waals surface area contributed by atoms with Crippen molar-refractivity contribution in [2.45, 2.75) is 30.8 Å². The number of nitrogens with one attached hydrogen (secondary N) is 1. The van der Waals surface area contributed by atoms with Crippen LogP contribution in [0, 0.1) is 0 Å². The molecule has 2 heterocycles. The van der Waals surface area contributed by atoms with Crippen LogP contribution in [0.15, 0.2) is 42.6 Å². The molecule has 1 aromatic carbocycles. The molecule has 0 bridgehead atoms. The molecule has 1 saturated heterocycles. The summed E-state index contributed by atoms with van der Waals surface area (Å²) >= 11 is 0. The first-order chi connectivity index (χ1) is 15.0. The highest BCUT2D eigenvalue weighted by Crippen LogP contribution is 2.31. The summed E-state index contributed by atoms with van der Waals surface area (Å²) in [5, 5.41) is 31.2. The molecular formula is C19H15F3N2O8. The van der Waals surface area contributed by atoms with Crippen molar-refractivity contribution < 1.29 is 52.3 Å². The van der Waals surface area contributed by atoms with Gasteiger partial charge in [0, 0.05) is 11.9 Å². The summed E-state index contributed by atoms with van der Waals surface area (Å²) in [6, 6.07) is 6.58. The molecule has 1 aromatic heterocycles. The predicted molar refractivity (Wildman–Crippen MR) is 97.7 cm³/mol. The smallest absolute Gasteiger partial charge is 0.416 e. The van der Waals surface area contributed by atoms with Gasteiger partial charge in [0.15, 0.2) is 0 Å². The zero-order valence-electron chi connectivity index (χ0n) is 15.8. The van der Waals surface area contributed by atoms with Gasteiger partial charge < -0.3 is 30.1 Å². The number of hydrogen-bond donors (Lipinski definition) is 4. The van der Waals surface area contributed by atoms with Crippen LogP contribution >= 0.6 is 0 Å². The van der Waals surface area contributed by atoms with E-state index in [9.17, 15) is 37.8 Å². The van der Waals surface area contributed by atoms with Gasteiger partial charge in [0.25, 0.3) is 0 Å². The Balaban J connectivity index is 1.82. The number of aliphatic hydroxyl groups excluding tert-OH is 2. The van der Waals surface area contributed by atoms with Crippen LogP contribution in [0.1, 0.15) is 15.9 Å². The van der Waals surface area contributed by atoms with Crippen LogP contribution in [-0.2, 0) is 25.2 Å². The minimum atomic E-state index is -4.60. The van der Waals surface area contributed by atoms with Gasteiger partial charge in [0.05, 0.1) is 5.56 Å². The minimum Gasteiger partial charge on any atom is -0.479 e. The molecule has 170 valence electrons. The van der Waals surface area contributed by atoms with Crippen molar-refractivity contribution >= 4 is 29.2 Å². The van der Waals surface area contributed by atoms with Gasteiger partial charge in [0.1, 0.15) is 23.6 Å². The Bertz CT molecular complexity index is 1050. The van der Waals surface area contributed by atoms with Crippen molar-refractivity contribution in [3.8, 4) is 0 Å². The maximum absolute atomic E-state index is 12.9. The Morgan fingerprint density at radius 1 is 1.16 bits per heavy atom. The molecule has 0 radical (unpaired) electrons. The number of hydrogen-bond acceptors (Lipinski definition) is 9. The largest absolute Gasteiger partial charge is 0.479 e. The van der Waals surface area contributed by atoms with Crippen molar-refractivity contribution in [3.63, 3.8) is 0 Å². The lowest BCUT2D eigenvalue weighted by molar-refractivity contribution is -0.237. The number of carboxylic acid groups (broad SMARTS) is 1. The number of carbonyl (C=O) groups is 3. The first kappa shape index (κ1) is 23.1. The fourth-order valence-electron chi connectivity index (χ4n) is 2.78. The number of benzene rings is 1. The van der Waals surface area contributed by atoms with Gasteiger partial charge in [0.2, 0.25) is 18.2 Å². The number of esters is 1. The normalized spacial score (nSPS) is 23.5. The summed E-state index contributed by atoms with van der Waals surface area (Å²) in [6.07, 6.45) is -11.8. The Hall–Kier alpha value is -3.55. The van der Waals surface area contributed by atoms with Crippen LogP contribution in [0.4, 0.5) is 24.7 Å². The van der Waals surface area contributed by atoms with E-state index in [-0.39, 0.29) is 17.1 Å². The van der Waals surface area contributed by atoms with Crippen LogP contribution in [0.5, 0.6) is 0 Å². The Kier molecular flexibility index (Phi) is 6.43. The number of aliphatic carboxylic acids is 1. The number of aromatic nitrogens is 1. The van der Waals surface area contributed by atoms with Crippen LogP contribution in [0.2, 0.25) is 0 Å². The number of Topliss-reactive ketones (excluding diaryl/α,β-unsaturated/α-hetero) is 1. The van der Waals surface area contributed by atoms with Gasteiger partial charge in [-0.05, 0) is 30.3 Å². The maximum atomic E-state index is 12.9. The summed E-state index contributed by atoms with van der Waals surface area (Å²) in [4.78, 5) is 39.2. The fourth-order valence-corrected chi connectivity index (χ4v) is 2.78. The van der Waals surface area contributed by atoms with Crippen LogP contribution in [0.25, 0.3) is 0 Å². The second kappa shape index (κ2) is 8.90. The van der Waals surface area contributed by atoms with E-state index in [2.05, 4.69) is 10.3 Å². The van der Waals surface area contributed by atoms with Crippen LogP contribution in [0.3, 0.4) is 0 Å². The van der Waals surface area contributed by atoms with Gasteiger partial charge in [-0.15, -0.1) is 0 Å². The summed E-state index contributed by atoms with van der Waals surface area (Å²) in [5.74, 6) is -4.53. The summed E-state index contributed by atoms with van der Waals surface area (Å²) < 4.78 is 48.4. The molecule has 4 atom stereocenters. The van der Waals surface area contributed by atoms with E-state index in [0.717, 1.165) is 18.2 Å². The molecule has 0 amide bonds. The second-order valence-electron chi connectivity index (χ2n) is 6.57. The molecule has 0 aliphatic carbocycles. The van der Waals surface area contributed by atoms with E-state index in [1.54, 1.807) is 0 Å². The lowest BCUT2D eigenvalue weighted by atomic mass is 10.0. The fraction of sp³-hybridized carbons (Fsp3) is 0.263. The predicted octanol–water partition coefficient (Wildman–Crippen LogP) is 1.10. The minimum absolute atomic E-state index is 0.0477. The highest BCUT2D eigenvalue weighted by molar-refractivity contribution is 6.04. The molecule has 10 nitrogen and oxygen atoms in total. The number of ether oxygens (including phenoxy) is 2. The summed E-state index contributed by atoms with van der Waals surface area (Å²) in [7, 11) is 0. The van der Waals surface area contributed by atoms with Gasteiger partial charge in [-0.1, -0.05) is 6.07 Å². The van der Waals surface area contributed by atoms with Crippen molar-refractivity contribution in [3.05, 3.63) is 53.7 Å². The first-order valence-electron chi connectivity index (χ1n) is 8.87. The van der Waals surface area contributed by atoms with E-state index >= 15 is 0 Å². The molecule has 13 heteroatoms. The number of pyridine rings is 1. The zero-order chi connectivity index (χ0) is 23.6. The number of anilines is 2. The van der Waals surface area contributed by atoms with E-state index in [4.69, 9.17) is 14.6 Å². The summed E-state index contributed by atoms with van der Waals surface area (Å²) in [6.45, 7) is 0. The standard InChI is InChI=1S/C19H15F3N2O8/c20-19(21,22)8-3-1-4-9(7-8)24-15-10(5-2-6-23-15)17(30)32-18-13(27)11(25)12(26)14(31-18)16(28)29/h1-7,11,13-14,18,25,27H,(H,23,24)(H,28,29). The number of nitrogens with zero attached hydrogens (tertiary/aromatic N) is 1. The lowest BCUT2D eigenvalue weighted by Crippen LogP contribution is -2.58. The van der Waals surface area contributed by atoms with Crippen molar-refractivity contribution in [1.29, 1.82) is 0 Å². The number of alkyl halides is 3. The first-order valence-corrected chi connectivity index (χ1v) is 8.87. The number of halogens is 3. The Morgan fingerprint density at radius 2 is 1.88 bits per heavy atom. The molecule has 4 unspecified atom stereocenters. The van der Waals surface area contributed by atoms with Gasteiger partial charge in [-0.2, -0.15) is 13.2 Å². The molecular weight excluding hydrogens is 441 g/mol. The van der Waals surface area contributed by atoms with E-state index in [1.165, 1.54) is 24.4 Å². The van der Waals surface area contributed by atoms with E-state index in [0.29, 0.717) is 0 Å². The highest BCUT2D eigenvalue weighted by Gasteiger charge is 2.48. The summed E-state index contributed by atoms with van der Waals surface area (Å²) in [5.41, 5.74) is -1.30. The van der Waals surface area contributed by atoms with E-state index in [1.807, 2.05) is 0 Å². The molecule has 1 aliphatic heterocycles. The molecule has 3 rings (SSSR count). The monoisotopic (exact) mass is 456 g/mol. The molecule has 0 spiro atoms. The zero-order valence-corrected chi connectivity index (χ0v) is 15.8. The van der Waals surface area contributed by atoms with Crippen molar-refractivity contribution in [2.24, 2.45) is 0 Å². The second-order valence-corrected chi connectivity index (χ2v) is 6.57.